The van der Waals surface area contributed by atoms with Gasteiger partial charge in [0.1, 0.15) is 6.61 Å². The summed E-state index contributed by atoms with van der Waals surface area (Å²) in [6.45, 7) is 0.402. The minimum atomic E-state index is -1.39. The summed E-state index contributed by atoms with van der Waals surface area (Å²) in [6.07, 6.45) is 0.0506. The molecule has 2 aromatic carbocycles. The summed E-state index contributed by atoms with van der Waals surface area (Å²) in [5, 5.41) is 20.6. The second-order valence-electron chi connectivity index (χ2n) is 6.87. The molecule has 3 rings (SSSR count). The molecule has 148 valence electrons. The Morgan fingerprint density at radius 3 is 2.18 bits per heavy atom. The summed E-state index contributed by atoms with van der Waals surface area (Å²) in [6, 6.07) is 14.3. The molecule has 0 fully saturated rings. The van der Waals surface area contributed by atoms with Crippen LogP contribution in [0.5, 0.6) is 0 Å². The highest BCUT2D eigenvalue weighted by Crippen LogP contribution is 2.44. The fraction of sp³-hybridized carbons (Fsp3) is 0.333. The first kappa shape index (κ1) is 20.0. The zero-order valence-electron chi connectivity index (χ0n) is 15.5. The molecule has 0 aromatic heterocycles. The van der Waals surface area contributed by atoms with Crippen molar-refractivity contribution in [3.63, 3.8) is 0 Å². The first-order valence-corrected chi connectivity index (χ1v) is 9.36. The predicted octanol–water partition coefficient (Wildman–Crippen LogP) is 1.90. The number of amides is 1. The van der Waals surface area contributed by atoms with Gasteiger partial charge >= 0.3 is 12.1 Å². The predicted molar refractivity (Wildman–Crippen MR) is 104 cm³/mol. The lowest BCUT2D eigenvalue weighted by molar-refractivity contribution is -0.789. The number of unbranched alkanes of at least 4 members (excludes halogenated alkanes) is 1. The molecule has 7 nitrogen and oxygen atoms in total. The smallest absolute Gasteiger partial charge is 0.515 e. The quantitative estimate of drug-likeness (QED) is 0.473. The average molecular weight is 384 g/mol. The molecule has 2 aromatic rings. The second-order valence-corrected chi connectivity index (χ2v) is 6.87. The van der Waals surface area contributed by atoms with E-state index in [9.17, 15) is 19.9 Å². The topological polar surface area (TPSA) is 117 Å². The Morgan fingerprint density at radius 2 is 1.64 bits per heavy atom. The molecule has 0 saturated heterocycles. The number of fused-ring (bicyclic) bond motifs is 3. The molecule has 0 bridgehead atoms. The van der Waals surface area contributed by atoms with Crippen LogP contribution in [0, 0.1) is 5.21 Å². The van der Waals surface area contributed by atoms with Gasteiger partial charge in [0.05, 0.1) is 0 Å². The number of hydrogen-bond donors (Lipinski definition) is 3. The van der Waals surface area contributed by atoms with Gasteiger partial charge in [-0.1, -0.05) is 48.5 Å². The molecule has 7 heteroatoms. The molecule has 28 heavy (non-hydrogen) atoms. The third-order valence-electron chi connectivity index (χ3n) is 5.11. The van der Waals surface area contributed by atoms with E-state index in [4.69, 9.17) is 10.5 Å². The third kappa shape index (κ3) is 4.06. The van der Waals surface area contributed by atoms with Crippen molar-refractivity contribution in [3.8, 4) is 11.1 Å². The highest BCUT2D eigenvalue weighted by molar-refractivity contribution is 5.79. The number of ether oxygens (including phenoxy) is 1. The van der Waals surface area contributed by atoms with Crippen LogP contribution in [0.15, 0.2) is 48.5 Å². The van der Waals surface area contributed by atoms with E-state index < -0.39 is 23.2 Å². The zero-order chi connectivity index (χ0) is 20.1. The fourth-order valence-corrected chi connectivity index (χ4v) is 3.67. The summed E-state index contributed by atoms with van der Waals surface area (Å²) < 4.78 is 5.26. The van der Waals surface area contributed by atoms with E-state index in [0.29, 0.717) is 19.4 Å². The molecular formula is C21H24N2O5. The fourth-order valence-electron chi connectivity index (χ4n) is 3.67. The van der Waals surface area contributed by atoms with Crippen molar-refractivity contribution in [3.05, 3.63) is 64.9 Å². The van der Waals surface area contributed by atoms with Crippen molar-refractivity contribution in [2.75, 3.05) is 13.2 Å². The summed E-state index contributed by atoms with van der Waals surface area (Å²) in [5.74, 6) is -1.49. The molecule has 0 spiro atoms. The van der Waals surface area contributed by atoms with Gasteiger partial charge in [-0.3, -0.25) is 5.06 Å². The Labute approximate surface area is 163 Å². The van der Waals surface area contributed by atoms with Crippen LogP contribution >= 0.6 is 0 Å². The van der Waals surface area contributed by atoms with E-state index in [-0.39, 0.29) is 18.9 Å². The number of carboxylic acids is 1. The van der Waals surface area contributed by atoms with E-state index in [0.717, 1.165) is 22.3 Å². The number of hydrogen-bond acceptors (Lipinski definition) is 5. The molecular weight excluding hydrogens is 360 g/mol. The SMILES string of the molecule is NCCCC[C@@H](C(=O)O)[NH+]([O-])C(=O)OCC1c2ccccc2-c2ccccc21. The summed E-state index contributed by atoms with van der Waals surface area (Å²) in [5.41, 5.74) is 9.62. The Balaban J connectivity index is 1.69. The first-order chi connectivity index (χ1) is 13.5. The van der Waals surface area contributed by atoms with Gasteiger partial charge in [-0.2, -0.15) is 4.79 Å². The molecule has 1 amide bonds. The van der Waals surface area contributed by atoms with Crippen molar-refractivity contribution in [1.29, 1.82) is 0 Å². The number of nitrogens with two attached hydrogens (primary N) is 1. The molecule has 2 atom stereocenters. The average Bonchev–Trinajstić information content (AvgIpc) is 3.02. The number of rotatable bonds is 8. The molecule has 4 N–H and O–H groups in total. The summed E-state index contributed by atoms with van der Waals surface area (Å²) in [4.78, 5) is 23.6. The summed E-state index contributed by atoms with van der Waals surface area (Å²) in [7, 11) is 0. The maximum atomic E-state index is 12.3. The number of benzene rings is 2. The molecule has 1 unspecified atom stereocenters. The number of carbonyl (C=O) groups excluding carboxylic acids is 1. The Bertz CT molecular complexity index is 809. The standard InChI is InChI=1S/C21H24N2O5/c22-12-6-5-11-19(20(24)25)23(27)21(26)28-13-18-16-9-3-1-7-14(16)15-8-2-4-10-17(15)18/h1-4,7-10,18-19,23H,5-6,11-13,22H2,(H,24,25)/t19-/m0/s1. The number of carbonyl (C=O) groups is 2. The number of alkyl carbamates (subject to hydrolysis) is 1. The number of carboxylic acid groups (broad SMARTS) is 1. The van der Waals surface area contributed by atoms with Gasteiger partial charge in [-0.15, -0.1) is 0 Å². The Morgan fingerprint density at radius 1 is 1.07 bits per heavy atom. The van der Waals surface area contributed by atoms with Gasteiger partial charge in [0.15, 0.2) is 6.04 Å². The molecule has 0 radical (unpaired) electrons. The van der Waals surface area contributed by atoms with Crippen molar-refractivity contribution in [2.24, 2.45) is 5.73 Å². The lowest BCUT2D eigenvalue weighted by atomic mass is 9.98. The highest BCUT2D eigenvalue weighted by Gasteiger charge is 2.33. The van der Waals surface area contributed by atoms with Gasteiger partial charge in [-0.05, 0) is 41.6 Å². The number of quaternary nitrogens is 1. The minimum absolute atomic E-state index is 0.00621. The third-order valence-corrected chi connectivity index (χ3v) is 5.11. The summed E-state index contributed by atoms with van der Waals surface area (Å²) >= 11 is 0. The lowest BCUT2D eigenvalue weighted by Gasteiger charge is -2.25. The number of nitrogens with one attached hydrogen (secondary N) is 1. The first-order valence-electron chi connectivity index (χ1n) is 9.36. The van der Waals surface area contributed by atoms with Crippen LogP contribution in [-0.4, -0.2) is 36.4 Å². The van der Waals surface area contributed by atoms with Crippen molar-refractivity contribution in [1.82, 2.24) is 0 Å². The van der Waals surface area contributed by atoms with Crippen LogP contribution in [0.3, 0.4) is 0 Å². The van der Waals surface area contributed by atoms with Gasteiger partial charge in [-0.25, -0.2) is 4.79 Å². The van der Waals surface area contributed by atoms with Crippen molar-refractivity contribution in [2.45, 2.75) is 31.2 Å². The minimum Gasteiger partial charge on any atom is -0.623 e. The second kappa shape index (κ2) is 8.97. The van der Waals surface area contributed by atoms with Crippen LogP contribution in [0.1, 0.15) is 36.3 Å². The normalized spacial score (nSPS) is 14.8. The van der Waals surface area contributed by atoms with Crippen LogP contribution in [-0.2, 0) is 9.53 Å². The van der Waals surface area contributed by atoms with Gasteiger partial charge in [0.25, 0.3) is 0 Å². The molecule has 0 heterocycles. The van der Waals surface area contributed by atoms with Crippen molar-refractivity contribution >= 4 is 12.1 Å². The van der Waals surface area contributed by atoms with Crippen molar-refractivity contribution < 1.29 is 24.5 Å². The van der Waals surface area contributed by atoms with E-state index in [1.807, 2.05) is 48.5 Å². The monoisotopic (exact) mass is 384 g/mol. The number of hydroxylamine groups is 2. The maximum absolute atomic E-state index is 12.3. The molecule has 0 saturated carbocycles. The van der Waals surface area contributed by atoms with Crippen LogP contribution < -0.4 is 10.8 Å². The van der Waals surface area contributed by atoms with E-state index in [1.165, 1.54) is 0 Å². The van der Waals surface area contributed by atoms with Crippen LogP contribution in [0.4, 0.5) is 4.79 Å². The maximum Gasteiger partial charge on any atom is 0.515 e. The number of aliphatic carboxylic acids is 1. The van der Waals surface area contributed by atoms with E-state index >= 15 is 0 Å². The molecule has 0 aliphatic heterocycles. The van der Waals surface area contributed by atoms with E-state index in [2.05, 4.69) is 0 Å². The van der Waals surface area contributed by atoms with Gasteiger partial charge in [0, 0.05) is 12.3 Å². The highest BCUT2D eigenvalue weighted by atomic mass is 16.6. The molecule has 1 aliphatic carbocycles. The van der Waals surface area contributed by atoms with E-state index in [1.54, 1.807) is 0 Å². The Kier molecular flexibility index (Phi) is 6.41. The van der Waals surface area contributed by atoms with Gasteiger partial charge < -0.3 is 20.8 Å². The Hall–Kier alpha value is -2.74. The largest absolute Gasteiger partial charge is 0.623 e. The van der Waals surface area contributed by atoms with Crippen LogP contribution in [0.25, 0.3) is 11.1 Å². The lowest BCUT2D eigenvalue weighted by Crippen LogP contribution is -3.15. The van der Waals surface area contributed by atoms with Gasteiger partial charge in [0.2, 0.25) is 0 Å². The zero-order valence-corrected chi connectivity index (χ0v) is 15.5. The van der Waals surface area contributed by atoms with Crippen LogP contribution in [0.2, 0.25) is 0 Å². The molecule has 1 aliphatic rings.